The number of piperazine rings is 1. The Morgan fingerprint density at radius 2 is 1.73 bits per heavy atom. The maximum absolute atomic E-state index is 13.5. The number of nitrogens with zero attached hydrogens (tertiary/aromatic N) is 2. The van der Waals surface area contributed by atoms with E-state index in [0.717, 1.165) is 5.56 Å². The van der Waals surface area contributed by atoms with E-state index in [1.807, 2.05) is 13.8 Å². The van der Waals surface area contributed by atoms with E-state index in [9.17, 15) is 14.0 Å². The minimum atomic E-state index is -0.446. The molecule has 2 aromatic rings. The molecule has 1 aliphatic heterocycles. The van der Waals surface area contributed by atoms with Crippen LogP contribution in [0, 0.1) is 26.6 Å². The van der Waals surface area contributed by atoms with E-state index in [1.54, 1.807) is 17.9 Å². The van der Waals surface area contributed by atoms with Gasteiger partial charge in [-0.1, -0.05) is 35.4 Å². The number of hydrogen-bond donors (Lipinski definition) is 0. The van der Waals surface area contributed by atoms with E-state index >= 15 is 0 Å². The lowest BCUT2D eigenvalue weighted by Crippen LogP contribution is -2.51. The molecule has 0 saturated carbocycles. The number of amides is 2. The van der Waals surface area contributed by atoms with E-state index < -0.39 is 5.82 Å². The molecule has 0 radical (unpaired) electrons. The molecule has 4 nitrogen and oxygen atoms in total. The molecule has 0 N–H and O–H groups in total. The quantitative estimate of drug-likeness (QED) is 0.849. The lowest BCUT2D eigenvalue weighted by molar-refractivity contribution is -0.135. The highest BCUT2D eigenvalue weighted by atomic mass is 19.1. The largest absolute Gasteiger partial charge is 0.335 e. The molecular weight excluding hydrogens is 331 g/mol. The minimum Gasteiger partial charge on any atom is -0.335 e. The molecule has 2 amide bonds. The molecule has 0 aliphatic carbocycles. The summed E-state index contributed by atoms with van der Waals surface area (Å²) in [6.45, 7) is 7.34. The summed E-state index contributed by atoms with van der Waals surface area (Å²) >= 11 is 0. The number of benzene rings is 2. The molecule has 0 bridgehead atoms. The van der Waals surface area contributed by atoms with Gasteiger partial charge < -0.3 is 9.80 Å². The van der Waals surface area contributed by atoms with Gasteiger partial charge in [-0.25, -0.2) is 4.39 Å². The van der Waals surface area contributed by atoms with Crippen molar-refractivity contribution in [3.05, 3.63) is 70.0 Å². The average molecular weight is 354 g/mol. The van der Waals surface area contributed by atoms with Crippen LogP contribution in [0.1, 0.15) is 32.6 Å². The van der Waals surface area contributed by atoms with Gasteiger partial charge in [-0.3, -0.25) is 9.59 Å². The van der Waals surface area contributed by atoms with Crippen molar-refractivity contribution in [1.82, 2.24) is 9.80 Å². The Morgan fingerprint density at radius 3 is 2.38 bits per heavy atom. The summed E-state index contributed by atoms with van der Waals surface area (Å²) in [5.41, 5.74) is 4.46. The topological polar surface area (TPSA) is 40.6 Å². The second-order valence-electron chi connectivity index (χ2n) is 7.00. The Bertz CT molecular complexity index is 843. The van der Waals surface area contributed by atoms with Crippen molar-refractivity contribution in [2.24, 2.45) is 0 Å². The summed E-state index contributed by atoms with van der Waals surface area (Å²) in [5, 5.41) is 0. The molecule has 3 rings (SSSR count). The maximum atomic E-state index is 13.5. The normalized spacial score (nSPS) is 14.7. The van der Waals surface area contributed by atoms with Crippen molar-refractivity contribution < 1.29 is 14.0 Å². The van der Waals surface area contributed by atoms with Crippen LogP contribution in [0.4, 0.5) is 4.39 Å². The highest BCUT2D eigenvalue weighted by Gasteiger charge is 2.28. The smallest absolute Gasteiger partial charge is 0.254 e. The van der Waals surface area contributed by atoms with Crippen molar-refractivity contribution in [3.8, 4) is 0 Å². The van der Waals surface area contributed by atoms with Gasteiger partial charge in [0.25, 0.3) is 5.91 Å². The Labute approximate surface area is 153 Å². The molecule has 0 unspecified atom stereocenters. The first-order valence-electron chi connectivity index (χ1n) is 8.74. The van der Waals surface area contributed by atoms with Crippen molar-refractivity contribution in [3.63, 3.8) is 0 Å². The zero-order valence-corrected chi connectivity index (χ0v) is 15.4. The van der Waals surface area contributed by atoms with Crippen molar-refractivity contribution in [1.29, 1.82) is 0 Å². The van der Waals surface area contributed by atoms with Gasteiger partial charge in [0.15, 0.2) is 0 Å². The number of hydrogen-bond acceptors (Lipinski definition) is 2. The molecule has 5 heteroatoms. The van der Waals surface area contributed by atoms with Crippen LogP contribution < -0.4 is 0 Å². The lowest BCUT2D eigenvalue weighted by atomic mass is 10.1. The van der Waals surface area contributed by atoms with Gasteiger partial charge in [0.05, 0.1) is 0 Å². The van der Waals surface area contributed by atoms with Gasteiger partial charge >= 0.3 is 0 Å². The van der Waals surface area contributed by atoms with Gasteiger partial charge in [-0.15, -0.1) is 0 Å². The molecule has 1 saturated heterocycles. The van der Waals surface area contributed by atoms with Crippen LogP contribution in [0.25, 0.3) is 0 Å². The van der Waals surface area contributed by atoms with Crippen LogP contribution in [0.2, 0.25) is 0 Å². The van der Waals surface area contributed by atoms with Gasteiger partial charge in [-0.05, 0) is 44.0 Å². The summed E-state index contributed by atoms with van der Waals surface area (Å²) in [7, 11) is 0. The Hall–Kier alpha value is -2.69. The van der Waals surface area contributed by atoms with Crippen LogP contribution in [0.5, 0.6) is 0 Å². The van der Waals surface area contributed by atoms with Gasteiger partial charge in [0.1, 0.15) is 12.4 Å². The monoisotopic (exact) mass is 354 g/mol. The van der Waals surface area contributed by atoms with E-state index in [0.29, 0.717) is 30.8 Å². The number of carbonyl (C=O) groups is 2. The molecule has 1 fully saturated rings. The van der Waals surface area contributed by atoms with Gasteiger partial charge in [-0.2, -0.15) is 0 Å². The van der Waals surface area contributed by atoms with Crippen molar-refractivity contribution in [2.75, 3.05) is 19.6 Å². The average Bonchev–Trinajstić information content (AvgIpc) is 2.57. The second kappa shape index (κ2) is 7.28. The first-order chi connectivity index (χ1) is 12.3. The van der Waals surface area contributed by atoms with Crippen LogP contribution in [-0.4, -0.2) is 41.2 Å². The molecule has 1 heterocycles. The predicted molar refractivity (Wildman–Crippen MR) is 98.4 cm³/mol. The van der Waals surface area contributed by atoms with E-state index in [-0.39, 0.29) is 18.4 Å². The summed E-state index contributed by atoms with van der Waals surface area (Å²) in [6, 6.07) is 10.4. The SMILES string of the molecule is Cc1cc(C)cc(CN2CCN(C(=O)c3cc(F)ccc3C)CC2=O)c1. The predicted octanol–water partition coefficient (Wildman–Crippen LogP) is 3.24. The fourth-order valence-corrected chi connectivity index (χ4v) is 3.42. The molecular formula is C21H23FN2O2. The lowest BCUT2D eigenvalue weighted by Gasteiger charge is -2.34. The first kappa shape index (κ1) is 18.1. The Kier molecular flexibility index (Phi) is 5.07. The highest BCUT2D eigenvalue weighted by molar-refractivity contribution is 5.98. The zero-order valence-electron chi connectivity index (χ0n) is 15.4. The number of rotatable bonds is 3. The minimum absolute atomic E-state index is 0.0274. The number of halogens is 1. The first-order valence-corrected chi connectivity index (χ1v) is 8.74. The van der Waals surface area contributed by atoms with Gasteiger partial charge in [0.2, 0.25) is 5.91 Å². The molecule has 0 aromatic heterocycles. The third kappa shape index (κ3) is 3.93. The second-order valence-corrected chi connectivity index (χ2v) is 7.00. The van der Waals surface area contributed by atoms with Crippen LogP contribution in [-0.2, 0) is 11.3 Å². The summed E-state index contributed by atoms with van der Waals surface area (Å²) in [4.78, 5) is 28.5. The van der Waals surface area contributed by atoms with Crippen LogP contribution in [0.15, 0.2) is 36.4 Å². The third-order valence-corrected chi connectivity index (χ3v) is 4.69. The summed E-state index contributed by atoms with van der Waals surface area (Å²) in [5.74, 6) is -0.821. The summed E-state index contributed by atoms with van der Waals surface area (Å²) in [6.07, 6.45) is 0. The number of carbonyl (C=O) groups excluding carboxylic acids is 2. The van der Waals surface area contributed by atoms with E-state index in [2.05, 4.69) is 18.2 Å². The fraction of sp³-hybridized carbons (Fsp3) is 0.333. The van der Waals surface area contributed by atoms with Crippen molar-refractivity contribution in [2.45, 2.75) is 27.3 Å². The van der Waals surface area contributed by atoms with Crippen molar-refractivity contribution >= 4 is 11.8 Å². The fourth-order valence-electron chi connectivity index (χ4n) is 3.42. The molecule has 136 valence electrons. The standard InChI is InChI=1S/C21H23FN2O2/c1-14-8-15(2)10-17(9-14)12-23-6-7-24(13-20(23)25)21(26)19-11-18(22)5-4-16(19)3/h4-5,8-11H,6-7,12-13H2,1-3H3. The highest BCUT2D eigenvalue weighted by Crippen LogP contribution is 2.17. The molecule has 26 heavy (non-hydrogen) atoms. The Morgan fingerprint density at radius 1 is 1.04 bits per heavy atom. The third-order valence-electron chi connectivity index (χ3n) is 4.69. The molecule has 0 spiro atoms. The molecule has 1 aliphatic rings. The zero-order chi connectivity index (χ0) is 18.8. The van der Waals surface area contributed by atoms with Gasteiger partial charge in [0, 0.05) is 25.2 Å². The Balaban J connectivity index is 1.69. The number of aryl methyl sites for hydroxylation is 3. The summed E-state index contributed by atoms with van der Waals surface area (Å²) < 4.78 is 13.5. The van der Waals surface area contributed by atoms with E-state index in [4.69, 9.17) is 0 Å². The van der Waals surface area contributed by atoms with E-state index in [1.165, 1.54) is 28.2 Å². The van der Waals surface area contributed by atoms with Crippen LogP contribution in [0.3, 0.4) is 0 Å². The maximum Gasteiger partial charge on any atom is 0.254 e. The molecule has 2 aromatic carbocycles. The molecule has 0 atom stereocenters. The van der Waals surface area contributed by atoms with Crippen LogP contribution >= 0.6 is 0 Å².